The normalized spacial score (nSPS) is 39.3. The SMILES string of the molecule is CC1OCCC1N(C)CC1CCC(CNC2CC2)O1. The van der Waals surface area contributed by atoms with Crippen molar-refractivity contribution in [1.82, 2.24) is 10.2 Å². The van der Waals surface area contributed by atoms with Crippen molar-refractivity contribution in [3.05, 3.63) is 0 Å². The highest BCUT2D eigenvalue weighted by atomic mass is 16.5. The van der Waals surface area contributed by atoms with Crippen molar-refractivity contribution in [2.45, 2.75) is 69.4 Å². The first-order chi connectivity index (χ1) is 9.22. The molecular weight excluding hydrogens is 240 g/mol. The zero-order valence-electron chi connectivity index (χ0n) is 12.3. The molecule has 4 atom stereocenters. The van der Waals surface area contributed by atoms with Gasteiger partial charge in [-0.25, -0.2) is 0 Å². The molecule has 110 valence electrons. The molecule has 4 heteroatoms. The van der Waals surface area contributed by atoms with Crippen molar-refractivity contribution in [2.75, 3.05) is 26.7 Å². The van der Waals surface area contributed by atoms with Gasteiger partial charge >= 0.3 is 0 Å². The fourth-order valence-corrected chi connectivity index (χ4v) is 3.41. The van der Waals surface area contributed by atoms with E-state index >= 15 is 0 Å². The Bertz CT molecular complexity index is 296. The molecule has 0 aromatic heterocycles. The van der Waals surface area contributed by atoms with Gasteiger partial charge in [-0.2, -0.15) is 0 Å². The minimum absolute atomic E-state index is 0.374. The van der Waals surface area contributed by atoms with Crippen LogP contribution < -0.4 is 5.32 Å². The minimum atomic E-state index is 0.374. The summed E-state index contributed by atoms with van der Waals surface area (Å²) in [6.45, 7) is 5.20. The van der Waals surface area contributed by atoms with Crippen LogP contribution >= 0.6 is 0 Å². The number of nitrogens with zero attached hydrogens (tertiary/aromatic N) is 1. The van der Waals surface area contributed by atoms with Crippen molar-refractivity contribution >= 4 is 0 Å². The Morgan fingerprint density at radius 3 is 2.58 bits per heavy atom. The van der Waals surface area contributed by atoms with Crippen LogP contribution in [0.2, 0.25) is 0 Å². The van der Waals surface area contributed by atoms with Crippen LogP contribution in [0.15, 0.2) is 0 Å². The van der Waals surface area contributed by atoms with E-state index in [1.807, 2.05) is 0 Å². The number of rotatable bonds is 6. The van der Waals surface area contributed by atoms with Gasteiger partial charge in [0.1, 0.15) is 0 Å². The summed E-state index contributed by atoms with van der Waals surface area (Å²) in [4.78, 5) is 2.44. The summed E-state index contributed by atoms with van der Waals surface area (Å²) < 4.78 is 11.8. The fraction of sp³-hybridized carbons (Fsp3) is 1.00. The summed E-state index contributed by atoms with van der Waals surface area (Å²) in [5, 5.41) is 3.58. The third-order valence-electron chi connectivity index (χ3n) is 4.80. The summed E-state index contributed by atoms with van der Waals surface area (Å²) >= 11 is 0. The van der Waals surface area contributed by atoms with Crippen LogP contribution in [0.1, 0.15) is 39.0 Å². The Balaban J connectivity index is 1.38. The molecule has 0 radical (unpaired) electrons. The lowest BCUT2D eigenvalue weighted by molar-refractivity contribution is 0.0113. The molecule has 1 aliphatic carbocycles. The number of nitrogens with one attached hydrogen (secondary N) is 1. The maximum Gasteiger partial charge on any atom is 0.0707 e. The second kappa shape index (κ2) is 6.08. The van der Waals surface area contributed by atoms with Crippen LogP contribution in [0.3, 0.4) is 0 Å². The van der Waals surface area contributed by atoms with Crippen LogP contribution in [0.4, 0.5) is 0 Å². The molecule has 3 rings (SSSR count). The number of hydrogen-bond acceptors (Lipinski definition) is 4. The maximum absolute atomic E-state index is 6.16. The average molecular weight is 268 g/mol. The molecular formula is C15H28N2O2. The molecule has 0 aromatic rings. The summed E-state index contributed by atoms with van der Waals surface area (Å²) in [6, 6.07) is 1.37. The highest BCUT2D eigenvalue weighted by molar-refractivity contribution is 4.86. The first-order valence-electron chi connectivity index (χ1n) is 7.93. The third kappa shape index (κ3) is 3.69. The van der Waals surface area contributed by atoms with Crippen LogP contribution in [0.5, 0.6) is 0 Å². The van der Waals surface area contributed by atoms with E-state index in [1.54, 1.807) is 0 Å². The van der Waals surface area contributed by atoms with Crippen LogP contribution in [0.25, 0.3) is 0 Å². The van der Waals surface area contributed by atoms with Crippen LogP contribution in [-0.4, -0.2) is 62.0 Å². The van der Waals surface area contributed by atoms with E-state index in [4.69, 9.17) is 9.47 Å². The second-order valence-electron chi connectivity index (χ2n) is 6.51. The molecule has 1 N–H and O–H groups in total. The molecule has 4 unspecified atom stereocenters. The molecule has 2 saturated heterocycles. The Hall–Kier alpha value is -0.160. The first-order valence-corrected chi connectivity index (χ1v) is 7.93. The molecule has 3 aliphatic rings. The summed E-state index contributed by atoms with van der Waals surface area (Å²) in [5.41, 5.74) is 0. The molecule has 2 heterocycles. The molecule has 2 aliphatic heterocycles. The van der Waals surface area contributed by atoms with Gasteiger partial charge in [0.2, 0.25) is 0 Å². The van der Waals surface area contributed by atoms with Gasteiger partial charge in [-0.3, -0.25) is 4.90 Å². The smallest absolute Gasteiger partial charge is 0.0707 e. The van der Waals surface area contributed by atoms with Crippen LogP contribution in [0, 0.1) is 0 Å². The Kier molecular flexibility index (Phi) is 4.42. The lowest BCUT2D eigenvalue weighted by atomic mass is 10.1. The summed E-state index contributed by atoms with van der Waals surface area (Å²) in [7, 11) is 2.22. The molecule has 3 fully saturated rings. The van der Waals surface area contributed by atoms with Gasteiger partial charge in [-0.05, 0) is 46.1 Å². The summed E-state index contributed by atoms with van der Waals surface area (Å²) in [6.07, 6.45) is 7.55. The molecule has 4 nitrogen and oxygen atoms in total. The lowest BCUT2D eigenvalue weighted by Crippen LogP contribution is -2.41. The quantitative estimate of drug-likeness (QED) is 0.789. The molecule has 1 saturated carbocycles. The highest BCUT2D eigenvalue weighted by Crippen LogP contribution is 2.25. The molecule has 19 heavy (non-hydrogen) atoms. The monoisotopic (exact) mass is 268 g/mol. The number of ether oxygens (including phenoxy) is 2. The number of likely N-dealkylation sites (N-methyl/N-ethyl adjacent to an activating group) is 1. The average Bonchev–Trinajstić information content (AvgIpc) is 2.95. The van der Waals surface area contributed by atoms with E-state index in [2.05, 4.69) is 24.2 Å². The fourth-order valence-electron chi connectivity index (χ4n) is 3.41. The Morgan fingerprint density at radius 2 is 1.89 bits per heavy atom. The Labute approximate surface area is 116 Å². The zero-order chi connectivity index (χ0) is 13.2. The van der Waals surface area contributed by atoms with Gasteiger partial charge in [0.15, 0.2) is 0 Å². The molecule has 0 spiro atoms. The van der Waals surface area contributed by atoms with E-state index in [0.717, 1.165) is 32.2 Å². The van der Waals surface area contributed by atoms with E-state index in [1.165, 1.54) is 25.7 Å². The van der Waals surface area contributed by atoms with Gasteiger partial charge < -0.3 is 14.8 Å². The molecule has 0 amide bonds. The standard InChI is InChI=1S/C15H28N2O2/c1-11-15(7-8-18-11)17(2)10-14-6-5-13(19-14)9-16-12-3-4-12/h11-16H,3-10H2,1-2H3. The molecule has 0 aromatic carbocycles. The first kappa shape index (κ1) is 13.8. The van der Waals surface area contributed by atoms with E-state index in [0.29, 0.717) is 24.4 Å². The largest absolute Gasteiger partial charge is 0.377 e. The number of hydrogen-bond donors (Lipinski definition) is 1. The van der Waals surface area contributed by atoms with Gasteiger partial charge in [-0.1, -0.05) is 0 Å². The van der Waals surface area contributed by atoms with Gasteiger partial charge in [-0.15, -0.1) is 0 Å². The van der Waals surface area contributed by atoms with Gasteiger partial charge in [0.25, 0.3) is 0 Å². The van der Waals surface area contributed by atoms with Crippen molar-refractivity contribution in [2.24, 2.45) is 0 Å². The Morgan fingerprint density at radius 1 is 1.11 bits per heavy atom. The topological polar surface area (TPSA) is 33.7 Å². The predicted octanol–water partition coefficient (Wildman–Crippen LogP) is 1.40. The predicted molar refractivity (Wildman–Crippen MR) is 75.4 cm³/mol. The van der Waals surface area contributed by atoms with E-state index in [9.17, 15) is 0 Å². The van der Waals surface area contributed by atoms with Crippen LogP contribution in [-0.2, 0) is 9.47 Å². The van der Waals surface area contributed by atoms with E-state index in [-0.39, 0.29) is 0 Å². The minimum Gasteiger partial charge on any atom is -0.377 e. The molecule has 0 bridgehead atoms. The lowest BCUT2D eigenvalue weighted by Gasteiger charge is -2.29. The van der Waals surface area contributed by atoms with E-state index < -0.39 is 0 Å². The second-order valence-corrected chi connectivity index (χ2v) is 6.51. The van der Waals surface area contributed by atoms with Crippen molar-refractivity contribution < 1.29 is 9.47 Å². The maximum atomic E-state index is 6.16. The van der Waals surface area contributed by atoms with Crippen molar-refractivity contribution in [3.8, 4) is 0 Å². The van der Waals surface area contributed by atoms with Crippen molar-refractivity contribution in [3.63, 3.8) is 0 Å². The van der Waals surface area contributed by atoms with Gasteiger partial charge in [0.05, 0.1) is 18.3 Å². The van der Waals surface area contributed by atoms with Crippen molar-refractivity contribution in [1.29, 1.82) is 0 Å². The summed E-state index contributed by atoms with van der Waals surface area (Å²) in [5.74, 6) is 0. The highest BCUT2D eigenvalue weighted by Gasteiger charge is 2.32. The van der Waals surface area contributed by atoms with Gasteiger partial charge in [0, 0.05) is 31.8 Å². The third-order valence-corrected chi connectivity index (χ3v) is 4.80. The zero-order valence-corrected chi connectivity index (χ0v) is 12.3.